The number of anilines is 1. The molecule has 5 heteroatoms. The highest BCUT2D eigenvalue weighted by atomic mass is 35.5. The highest BCUT2D eigenvalue weighted by Crippen LogP contribution is 2.30. The first-order valence-corrected chi connectivity index (χ1v) is 8.01. The molecule has 0 saturated carbocycles. The van der Waals surface area contributed by atoms with Crippen molar-refractivity contribution in [3.8, 4) is 5.75 Å². The molecule has 1 aliphatic rings. The molecule has 0 fully saturated rings. The summed E-state index contributed by atoms with van der Waals surface area (Å²) < 4.78 is 18.2. The van der Waals surface area contributed by atoms with Gasteiger partial charge in [0.25, 0.3) is 0 Å². The molecule has 0 aromatic heterocycles. The van der Waals surface area contributed by atoms with Crippen LogP contribution in [0.15, 0.2) is 47.4 Å². The third-order valence-corrected chi connectivity index (χ3v) is 5.20. The van der Waals surface area contributed by atoms with Gasteiger partial charge >= 0.3 is 0 Å². The van der Waals surface area contributed by atoms with Gasteiger partial charge in [-0.25, -0.2) is 0 Å². The van der Waals surface area contributed by atoms with Gasteiger partial charge in [0.2, 0.25) is 0 Å². The van der Waals surface area contributed by atoms with E-state index in [1.165, 1.54) is 0 Å². The van der Waals surface area contributed by atoms with Crippen LogP contribution in [0.2, 0.25) is 5.02 Å². The van der Waals surface area contributed by atoms with E-state index in [0.29, 0.717) is 21.4 Å². The highest BCUT2D eigenvalue weighted by Gasteiger charge is 2.25. The van der Waals surface area contributed by atoms with Gasteiger partial charge in [-0.3, -0.25) is 4.21 Å². The normalized spacial score (nSPS) is 18.4. The molecule has 104 valence electrons. The number of hydrogen-bond acceptors (Lipinski definition) is 3. The molecular formula is C15H14ClNO2S. The lowest BCUT2D eigenvalue weighted by atomic mass is 10.1. The van der Waals surface area contributed by atoms with Crippen molar-refractivity contribution in [2.45, 2.75) is 17.4 Å². The number of nitrogen functional groups attached to an aromatic ring is 1. The summed E-state index contributed by atoms with van der Waals surface area (Å²) in [5.74, 6) is 1.32. The van der Waals surface area contributed by atoms with E-state index < -0.39 is 10.8 Å². The molecule has 0 radical (unpaired) electrons. The summed E-state index contributed by atoms with van der Waals surface area (Å²) in [6.07, 6.45) is 0.718. The molecule has 2 unspecified atom stereocenters. The first-order valence-electron chi connectivity index (χ1n) is 6.31. The van der Waals surface area contributed by atoms with Crippen molar-refractivity contribution < 1.29 is 8.95 Å². The lowest BCUT2D eigenvalue weighted by molar-refractivity contribution is 0.258. The van der Waals surface area contributed by atoms with Crippen molar-refractivity contribution in [3.05, 3.63) is 53.1 Å². The number of halogens is 1. The monoisotopic (exact) mass is 307 g/mol. The van der Waals surface area contributed by atoms with Crippen LogP contribution in [-0.2, 0) is 17.2 Å². The fourth-order valence-electron chi connectivity index (χ4n) is 2.31. The van der Waals surface area contributed by atoms with Crippen LogP contribution in [-0.4, -0.2) is 16.1 Å². The predicted octanol–water partition coefficient (Wildman–Crippen LogP) is 3.03. The molecule has 2 N–H and O–H groups in total. The van der Waals surface area contributed by atoms with E-state index >= 15 is 0 Å². The van der Waals surface area contributed by atoms with Crippen molar-refractivity contribution in [2.24, 2.45) is 0 Å². The van der Waals surface area contributed by atoms with Gasteiger partial charge in [-0.05, 0) is 29.8 Å². The SMILES string of the molecule is Nc1ccc(S(=O)CC2Cc3ccccc3O2)c(Cl)c1. The first-order chi connectivity index (χ1) is 9.63. The van der Waals surface area contributed by atoms with Gasteiger partial charge in [-0.2, -0.15) is 0 Å². The van der Waals surface area contributed by atoms with Gasteiger partial charge in [-0.15, -0.1) is 0 Å². The predicted molar refractivity (Wildman–Crippen MR) is 81.7 cm³/mol. The largest absolute Gasteiger partial charge is 0.489 e. The van der Waals surface area contributed by atoms with E-state index in [4.69, 9.17) is 22.1 Å². The van der Waals surface area contributed by atoms with E-state index in [-0.39, 0.29) is 6.10 Å². The average Bonchev–Trinajstić information content (AvgIpc) is 2.80. The van der Waals surface area contributed by atoms with E-state index in [1.807, 2.05) is 24.3 Å². The third-order valence-electron chi connectivity index (χ3n) is 3.25. The summed E-state index contributed by atoms with van der Waals surface area (Å²) in [6.45, 7) is 0. The van der Waals surface area contributed by atoms with Gasteiger partial charge in [-0.1, -0.05) is 29.8 Å². The molecule has 0 amide bonds. The Balaban J connectivity index is 1.72. The Bertz CT molecular complexity index is 650. The Hall–Kier alpha value is -1.52. The van der Waals surface area contributed by atoms with Crippen LogP contribution >= 0.6 is 11.6 Å². The molecule has 3 rings (SSSR count). The molecule has 1 heterocycles. The Morgan fingerprint density at radius 2 is 2.10 bits per heavy atom. The van der Waals surface area contributed by atoms with Crippen molar-refractivity contribution in [3.63, 3.8) is 0 Å². The fourth-order valence-corrected chi connectivity index (χ4v) is 3.95. The number of nitrogens with two attached hydrogens (primary N) is 1. The van der Waals surface area contributed by atoms with Crippen LogP contribution in [0.3, 0.4) is 0 Å². The lowest BCUT2D eigenvalue weighted by Crippen LogP contribution is -2.21. The topological polar surface area (TPSA) is 52.3 Å². The third kappa shape index (κ3) is 2.67. The molecule has 2 aromatic carbocycles. The van der Waals surface area contributed by atoms with Gasteiger partial charge in [0.15, 0.2) is 0 Å². The number of fused-ring (bicyclic) bond motifs is 1. The smallest absolute Gasteiger partial charge is 0.123 e. The Morgan fingerprint density at radius 3 is 2.85 bits per heavy atom. The quantitative estimate of drug-likeness (QED) is 0.887. The Morgan fingerprint density at radius 1 is 1.30 bits per heavy atom. The summed E-state index contributed by atoms with van der Waals surface area (Å²) in [7, 11) is -1.19. The molecular weight excluding hydrogens is 294 g/mol. The minimum atomic E-state index is -1.19. The van der Waals surface area contributed by atoms with E-state index in [9.17, 15) is 4.21 Å². The van der Waals surface area contributed by atoms with Gasteiger partial charge in [0.05, 0.1) is 26.5 Å². The highest BCUT2D eigenvalue weighted by molar-refractivity contribution is 7.85. The number of benzene rings is 2. The zero-order valence-corrected chi connectivity index (χ0v) is 12.3. The second-order valence-corrected chi connectivity index (χ2v) is 6.63. The second-order valence-electron chi connectivity index (χ2n) is 4.75. The molecule has 0 aliphatic carbocycles. The van der Waals surface area contributed by atoms with Gasteiger partial charge in [0, 0.05) is 12.1 Å². The van der Waals surface area contributed by atoms with Crippen molar-refractivity contribution in [2.75, 3.05) is 11.5 Å². The molecule has 3 nitrogen and oxygen atoms in total. The molecule has 0 saturated heterocycles. The molecule has 1 aliphatic heterocycles. The minimum absolute atomic E-state index is 0.0677. The van der Waals surface area contributed by atoms with Gasteiger partial charge in [0.1, 0.15) is 11.9 Å². The number of para-hydroxylation sites is 1. The molecule has 20 heavy (non-hydrogen) atoms. The maximum absolute atomic E-state index is 12.4. The van der Waals surface area contributed by atoms with Crippen LogP contribution in [0.1, 0.15) is 5.56 Å². The standard InChI is InChI=1S/C15H14ClNO2S/c16-13-8-11(17)5-6-15(13)20(18)9-12-7-10-3-1-2-4-14(10)19-12/h1-6,8,12H,7,9,17H2. The van der Waals surface area contributed by atoms with Crippen molar-refractivity contribution in [1.29, 1.82) is 0 Å². The zero-order valence-electron chi connectivity index (χ0n) is 10.7. The number of rotatable bonds is 3. The Kier molecular flexibility index (Phi) is 3.68. The van der Waals surface area contributed by atoms with Crippen LogP contribution in [0, 0.1) is 0 Å². The molecule has 0 spiro atoms. The maximum atomic E-state index is 12.4. The molecule has 2 aromatic rings. The summed E-state index contributed by atoms with van der Waals surface area (Å²) in [6, 6.07) is 13.0. The summed E-state index contributed by atoms with van der Waals surface area (Å²) >= 11 is 6.09. The summed E-state index contributed by atoms with van der Waals surface area (Å²) in [4.78, 5) is 0.612. The van der Waals surface area contributed by atoms with Crippen molar-refractivity contribution in [1.82, 2.24) is 0 Å². The van der Waals surface area contributed by atoms with Crippen LogP contribution in [0.25, 0.3) is 0 Å². The summed E-state index contributed by atoms with van der Waals surface area (Å²) in [5, 5.41) is 0.443. The maximum Gasteiger partial charge on any atom is 0.123 e. The zero-order chi connectivity index (χ0) is 14.1. The van der Waals surface area contributed by atoms with E-state index in [0.717, 1.165) is 17.7 Å². The molecule has 2 atom stereocenters. The average molecular weight is 308 g/mol. The lowest BCUT2D eigenvalue weighted by Gasteiger charge is -2.11. The molecule has 0 bridgehead atoms. The first kappa shape index (κ1) is 13.5. The van der Waals surface area contributed by atoms with Crippen molar-refractivity contribution >= 4 is 28.1 Å². The minimum Gasteiger partial charge on any atom is -0.489 e. The second kappa shape index (κ2) is 5.46. The van der Waals surface area contributed by atoms with Crippen LogP contribution < -0.4 is 10.5 Å². The van der Waals surface area contributed by atoms with E-state index in [1.54, 1.807) is 18.2 Å². The van der Waals surface area contributed by atoms with E-state index in [2.05, 4.69) is 0 Å². The number of hydrogen-bond donors (Lipinski definition) is 1. The van der Waals surface area contributed by atoms with Crippen LogP contribution in [0.5, 0.6) is 5.75 Å². The Labute approximate surface area is 125 Å². The number of ether oxygens (including phenoxy) is 1. The van der Waals surface area contributed by atoms with Gasteiger partial charge < -0.3 is 10.5 Å². The fraction of sp³-hybridized carbons (Fsp3) is 0.200. The summed E-state index contributed by atoms with van der Waals surface area (Å²) in [5.41, 5.74) is 7.38. The van der Waals surface area contributed by atoms with Crippen LogP contribution in [0.4, 0.5) is 5.69 Å².